The molecule has 0 saturated carbocycles. The molecule has 0 aliphatic carbocycles. The molecule has 0 aromatic rings. The van der Waals surface area contributed by atoms with Crippen molar-refractivity contribution in [3.63, 3.8) is 0 Å². The van der Waals surface area contributed by atoms with Gasteiger partial charge in [-0.25, -0.2) is 4.99 Å². The van der Waals surface area contributed by atoms with Crippen molar-refractivity contribution in [1.82, 2.24) is 0 Å². The smallest absolute Gasteiger partial charge is 0.285 e. The largest absolute Gasteiger partial charge is 0.296 e. The highest BCUT2D eigenvalue weighted by Gasteiger charge is 2.17. The van der Waals surface area contributed by atoms with Crippen LogP contribution in [0.15, 0.2) is 23.1 Å². The van der Waals surface area contributed by atoms with E-state index >= 15 is 0 Å². The fourth-order valence-electron chi connectivity index (χ4n) is 0.807. The monoisotopic (exact) mass is 164 g/mol. The summed E-state index contributed by atoms with van der Waals surface area (Å²) in [5.41, 5.74) is 6.51. The summed E-state index contributed by atoms with van der Waals surface area (Å²) in [6.45, 7) is 6.29. The third kappa shape index (κ3) is 2.07. The van der Waals surface area contributed by atoms with E-state index in [-0.39, 0.29) is 5.41 Å². The molecule has 1 aliphatic heterocycles. The Labute approximate surface area is 72.4 Å². The van der Waals surface area contributed by atoms with Crippen LogP contribution in [0, 0.1) is 5.41 Å². The summed E-state index contributed by atoms with van der Waals surface area (Å²) in [4.78, 5) is 6.99. The first-order valence-corrected chi connectivity index (χ1v) is 3.89. The molecule has 1 aliphatic rings. The maximum Gasteiger partial charge on any atom is 0.296 e. The van der Waals surface area contributed by atoms with E-state index in [1.165, 1.54) is 0 Å². The molecule has 0 atom stereocenters. The van der Waals surface area contributed by atoms with Crippen LogP contribution in [0.1, 0.15) is 20.8 Å². The van der Waals surface area contributed by atoms with Crippen molar-refractivity contribution < 1.29 is 4.99 Å². The molecule has 0 saturated heterocycles. The lowest BCUT2D eigenvalue weighted by Gasteiger charge is -2.16. The first kappa shape index (κ1) is 8.75. The highest BCUT2D eigenvalue weighted by atomic mass is 14.9. The molecular formula is C9H14N3+. The van der Waals surface area contributed by atoms with Crippen molar-refractivity contribution in [2.75, 3.05) is 0 Å². The molecule has 1 heterocycles. The molecule has 0 spiro atoms. The van der Waals surface area contributed by atoms with E-state index in [1.807, 2.05) is 6.08 Å². The summed E-state index contributed by atoms with van der Waals surface area (Å²) in [5.74, 6) is 3.37. The molecule has 0 unspecified atom stereocenters. The standard InChI is InChI=1S/C9H13N3/c1-9(2,3)7-4-5-11-8(10)6-12-7/h4,6H,10H2,1-3H3/p+1. The van der Waals surface area contributed by atoms with Gasteiger partial charge in [0.25, 0.3) is 5.82 Å². The highest BCUT2D eigenvalue weighted by molar-refractivity contribution is 6.04. The van der Waals surface area contributed by atoms with Crippen LogP contribution in [0.3, 0.4) is 0 Å². The SMILES string of the molecule is CC(C)(C)C1=NC=C(N)[NH+]=C=C1. The average Bonchev–Trinajstić information content (AvgIpc) is 2.11. The van der Waals surface area contributed by atoms with E-state index in [9.17, 15) is 0 Å². The molecule has 0 radical (unpaired) electrons. The van der Waals surface area contributed by atoms with Crippen LogP contribution >= 0.6 is 0 Å². The highest BCUT2D eigenvalue weighted by Crippen LogP contribution is 2.16. The molecule has 3 nitrogen and oxygen atoms in total. The maximum atomic E-state index is 5.50. The number of nitrogens with one attached hydrogen (secondary N) is 1. The van der Waals surface area contributed by atoms with Crippen molar-refractivity contribution in [3.05, 3.63) is 18.1 Å². The molecule has 0 aromatic carbocycles. The number of hydrogen-bond acceptors (Lipinski definition) is 2. The van der Waals surface area contributed by atoms with E-state index in [0.29, 0.717) is 5.82 Å². The number of aliphatic imine (C=N–C) groups is 1. The molecule has 64 valence electrons. The second-order valence-electron chi connectivity index (χ2n) is 3.76. The predicted molar refractivity (Wildman–Crippen MR) is 49.7 cm³/mol. The van der Waals surface area contributed by atoms with Crippen molar-refractivity contribution >= 4 is 11.6 Å². The van der Waals surface area contributed by atoms with Gasteiger partial charge in [-0.05, 0) is 0 Å². The van der Waals surface area contributed by atoms with Gasteiger partial charge in [-0.2, -0.15) is 0 Å². The zero-order valence-corrected chi connectivity index (χ0v) is 7.68. The Balaban J connectivity index is 3.04. The average molecular weight is 164 g/mol. The second kappa shape index (κ2) is 2.95. The van der Waals surface area contributed by atoms with Gasteiger partial charge in [0, 0.05) is 11.5 Å². The first-order chi connectivity index (χ1) is 5.50. The van der Waals surface area contributed by atoms with Gasteiger partial charge in [0.1, 0.15) is 6.20 Å². The fourth-order valence-corrected chi connectivity index (χ4v) is 0.807. The minimum absolute atomic E-state index is 0.0375. The van der Waals surface area contributed by atoms with E-state index in [2.05, 4.69) is 36.6 Å². The third-order valence-electron chi connectivity index (χ3n) is 1.54. The van der Waals surface area contributed by atoms with Crippen LogP contribution in [-0.4, -0.2) is 11.6 Å². The van der Waals surface area contributed by atoms with Crippen LogP contribution in [0.5, 0.6) is 0 Å². The van der Waals surface area contributed by atoms with Crippen LogP contribution in [0.2, 0.25) is 0 Å². The van der Waals surface area contributed by atoms with Crippen molar-refractivity contribution in [3.8, 4) is 0 Å². The number of nitrogens with two attached hydrogens (primary N) is 1. The fraction of sp³-hybridized carbons (Fsp3) is 0.444. The topological polar surface area (TPSA) is 52.3 Å². The Morgan fingerprint density at radius 2 is 2.17 bits per heavy atom. The maximum absolute atomic E-state index is 5.50. The van der Waals surface area contributed by atoms with Gasteiger partial charge in [-0.15, -0.1) is 0 Å². The predicted octanol–water partition coefficient (Wildman–Crippen LogP) is -0.449. The van der Waals surface area contributed by atoms with Gasteiger partial charge in [-0.3, -0.25) is 10.7 Å². The molecule has 0 amide bonds. The van der Waals surface area contributed by atoms with Crippen molar-refractivity contribution in [1.29, 1.82) is 0 Å². The Morgan fingerprint density at radius 3 is 2.75 bits per heavy atom. The summed E-state index contributed by atoms with van der Waals surface area (Å²) in [6.07, 6.45) is 3.42. The first-order valence-electron chi connectivity index (χ1n) is 3.89. The van der Waals surface area contributed by atoms with Crippen LogP contribution in [-0.2, 0) is 0 Å². The lowest BCUT2D eigenvalue weighted by molar-refractivity contribution is -0.390. The van der Waals surface area contributed by atoms with E-state index in [4.69, 9.17) is 5.73 Å². The van der Waals surface area contributed by atoms with Crippen LogP contribution < -0.4 is 10.7 Å². The minimum atomic E-state index is 0.0375. The van der Waals surface area contributed by atoms with Gasteiger partial charge in [0.15, 0.2) is 0 Å². The summed E-state index contributed by atoms with van der Waals surface area (Å²) >= 11 is 0. The molecule has 0 bridgehead atoms. The Kier molecular flexibility index (Phi) is 2.15. The van der Waals surface area contributed by atoms with Gasteiger partial charge >= 0.3 is 0 Å². The van der Waals surface area contributed by atoms with E-state index < -0.39 is 0 Å². The molecule has 0 fully saturated rings. The molecule has 3 N–H and O–H groups in total. The molecule has 12 heavy (non-hydrogen) atoms. The summed E-state index contributed by atoms with van der Waals surface area (Å²) < 4.78 is 0. The van der Waals surface area contributed by atoms with Crippen molar-refractivity contribution in [2.45, 2.75) is 20.8 Å². The number of allylic oxidation sites excluding steroid dienone is 1. The molecular weight excluding hydrogens is 150 g/mol. The van der Waals surface area contributed by atoms with Gasteiger partial charge in [0.2, 0.25) is 0 Å². The van der Waals surface area contributed by atoms with Crippen molar-refractivity contribution in [2.24, 2.45) is 16.1 Å². The quantitative estimate of drug-likeness (QED) is 0.500. The third-order valence-corrected chi connectivity index (χ3v) is 1.54. The van der Waals surface area contributed by atoms with E-state index in [0.717, 1.165) is 5.71 Å². The number of hydrogen-bond donors (Lipinski definition) is 2. The lowest BCUT2D eigenvalue weighted by atomic mass is 9.90. The summed E-state index contributed by atoms with van der Waals surface area (Å²) in [6, 6.07) is 0. The normalized spacial score (nSPS) is 16.9. The minimum Gasteiger partial charge on any atom is -0.285 e. The second-order valence-corrected chi connectivity index (χ2v) is 3.76. The van der Waals surface area contributed by atoms with Crippen LogP contribution in [0.25, 0.3) is 0 Å². The van der Waals surface area contributed by atoms with Gasteiger partial charge < -0.3 is 0 Å². The summed E-state index contributed by atoms with van der Waals surface area (Å²) in [7, 11) is 0. The van der Waals surface area contributed by atoms with Gasteiger partial charge in [-0.1, -0.05) is 20.8 Å². The van der Waals surface area contributed by atoms with Gasteiger partial charge in [0.05, 0.1) is 11.6 Å². The number of nitrogens with zero attached hydrogens (tertiary/aromatic N) is 1. The Morgan fingerprint density at radius 1 is 1.50 bits per heavy atom. The Bertz CT molecular complexity index is 296. The molecule has 3 heteroatoms. The summed E-state index contributed by atoms with van der Waals surface area (Å²) in [5, 5.41) is 0. The molecule has 1 rings (SSSR count). The van der Waals surface area contributed by atoms with E-state index in [1.54, 1.807) is 6.20 Å². The Hall–Kier alpha value is -1.34. The van der Waals surface area contributed by atoms with Crippen LogP contribution in [0.4, 0.5) is 0 Å². The molecule has 0 aromatic heterocycles. The lowest BCUT2D eigenvalue weighted by Crippen LogP contribution is -2.67. The zero-order valence-electron chi connectivity index (χ0n) is 7.68. The zero-order chi connectivity index (χ0) is 9.19. The number of rotatable bonds is 0.